The van der Waals surface area contributed by atoms with Crippen molar-refractivity contribution in [2.24, 2.45) is 5.41 Å². The van der Waals surface area contributed by atoms with E-state index in [1.165, 1.54) is 7.11 Å². The van der Waals surface area contributed by atoms with Gasteiger partial charge in [0.15, 0.2) is 0 Å². The van der Waals surface area contributed by atoms with E-state index >= 15 is 0 Å². The first-order valence-corrected chi connectivity index (χ1v) is 5.93. The number of hydrogen-bond acceptors (Lipinski definition) is 4. The van der Waals surface area contributed by atoms with Crippen molar-refractivity contribution in [1.29, 1.82) is 0 Å². The fourth-order valence-corrected chi connectivity index (χ4v) is 1.64. The molecular weight excluding hydrogens is 246 g/mol. The van der Waals surface area contributed by atoms with Crippen LogP contribution in [0, 0.1) is 5.41 Å². The molecule has 0 saturated carbocycles. The van der Waals surface area contributed by atoms with Gasteiger partial charge in [-0.05, 0) is 29.7 Å². The molecule has 1 atom stereocenters. The summed E-state index contributed by atoms with van der Waals surface area (Å²) < 4.78 is 4.60. The SMILES string of the molecule is COC(=O)c1ccc(N[C@H](C(=O)O)C(C)(C)C)cc1. The number of nitrogens with one attached hydrogen (secondary N) is 1. The number of aliphatic carboxylic acids is 1. The van der Waals surface area contributed by atoms with E-state index in [1.54, 1.807) is 24.3 Å². The van der Waals surface area contributed by atoms with Crippen molar-refractivity contribution < 1.29 is 19.4 Å². The lowest BCUT2D eigenvalue weighted by Gasteiger charge is -2.28. The maximum absolute atomic E-state index is 11.3. The summed E-state index contributed by atoms with van der Waals surface area (Å²) in [4.78, 5) is 22.5. The molecule has 0 bridgehead atoms. The Balaban J connectivity index is 2.87. The largest absolute Gasteiger partial charge is 0.480 e. The summed E-state index contributed by atoms with van der Waals surface area (Å²) in [7, 11) is 1.31. The van der Waals surface area contributed by atoms with E-state index in [2.05, 4.69) is 10.1 Å². The van der Waals surface area contributed by atoms with E-state index in [-0.39, 0.29) is 0 Å². The molecule has 0 heterocycles. The Labute approximate surface area is 112 Å². The van der Waals surface area contributed by atoms with Gasteiger partial charge in [0.05, 0.1) is 12.7 Å². The first-order chi connectivity index (χ1) is 8.75. The van der Waals surface area contributed by atoms with E-state index in [0.29, 0.717) is 11.3 Å². The molecule has 0 unspecified atom stereocenters. The summed E-state index contributed by atoms with van der Waals surface area (Å²) in [6, 6.07) is 5.80. The fourth-order valence-electron chi connectivity index (χ4n) is 1.64. The van der Waals surface area contributed by atoms with Gasteiger partial charge in [0.1, 0.15) is 6.04 Å². The van der Waals surface area contributed by atoms with Crippen molar-refractivity contribution in [3.63, 3.8) is 0 Å². The minimum absolute atomic E-state index is 0.419. The highest BCUT2D eigenvalue weighted by Crippen LogP contribution is 2.23. The van der Waals surface area contributed by atoms with Crippen LogP contribution in [0.3, 0.4) is 0 Å². The third-order valence-corrected chi connectivity index (χ3v) is 2.73. The zero-order valence-electron chi connectivity index (χ0n) is 11.6. The molecule has 1 rings (SSSR count). The zero-order valence-corrected chi connectivity index (χ0v) is 11.6. The van der Waals surface area contributed by atoms with Crippen molar-refractivity contribution in [3.8, 4) is 0 Å². The first kappa shape index (κ1) is 15.0. The van der Waals surface area contributed by atoms with E-state index in [4.69, 9.17) is 0 Å². The molecule has 0 aliphatic rings. The molecule has 1 aromatic rings. The number of hydrogen-bond donors (Lipinski definition) is 2. The van der Waals surface area contributed by atoms with Gasteiger partial charge in [0.25, 0.3) is 0 Å². The van der Waals surface area contributed by atoms with Crippen LogP contribution < -0.4 is 5.32 Å². The van der Waals surface area contributed by atoms with Gasteiger partial charge < -0.3 is 15.2 Å². The maximum Gasteiger partial charge on any atom is 0.337 e. The van der Waals surface area contributed by atoms with Crippen LogP contribution in [0.15, 0.2) is 24.3 Å². The summed E-state index contributed by atoms with van der Waals surface area (Å²) in [6.45, 7) is 5.55. The molecule has 0 aliphatic carbocycles. The second-order valence-corrected chi connectivity index (χ2v) is 5.35. The highest BCUT2D eigenvalue weighted by molar-refractivity contribution is 5.89. The molecule has 0 aliphatic heterocycles. The minimum Gasteiger partial charge on any atom is -0.480 e. The van der Waals surface area contributed by atoms with Crippen molar-refractivity contribution >= 4 is 17.6 Å². The third kappa shape index (κ3) is 3.98. The standard InChI is InChI=1S/C14H19NO4/c1-14(2,3)11(12(16)17)15-10-7-5-9(6-8-10)13(18)19-4/h5-8,11,15H,1-4H3,(H,16,17)/t11-/m1/s1. The summed E-state index contributed by atoms with van der Waals surface area (Å²) in [6.07, 6.45) is 0. The average molecular weight is 265 g/mol. The van der Waals surface area contributed by atoms with E-state index < -0.39 is 23.4 Å². The molecule has 2 N–H and O–H groups in total. The molecule has 0 amide bonds. The van der Waals surface area contributed by atoms with Crippen LogP contribution in [0.2, 0.25) is 0 Å². The molecule has 1 aromatic carbocycles. The maximum atomic E-state index is 11.3. The topological polar surface area (TPSA) is 75.6 Å². The van der Waals surface area contributed by atoms with Crippen molar-refractivity contribution in [2.45, 2.75) is 26.8 Å². The number of carbonyl (C=O) groups excluding carboxylic acids is 1. The predicted molar refractivity (Wildman–Crippen MR) is 72.3 cm³/mol. The Kier molecular flexibility index (Phi) is 4.53. The zero-order chi connectivity index (χ0) is 14.6. The highest BCUT2D eigenvalue weighted by Gasteiger charge is 2.30. The molecule has 5 heteroatoms. The first-order valence-electron chi connectivity index (χ1n) is 5.93. The van der Waals surface area contributed by atoms with E-state index in [1.807, 2.05) is 20.8 Å². The van der Waals surface area contributed by atoms with Gasteiger partial charge in [-0.3, -0.25) is 0 Å². The Bertz CT molecular complexity index is 459. The Morgan fingerprint density at radius 1 is 1.21 bits per heavy atom. The number of anilines is 1. The van der Waals surface area contributed by atoms with Crippen LogP contribution in [0.25, 0.3) is 0 Å². The van der Waals surface area contributed by atoms with E-state index in [0.717, 1.165) is 0 Å². The third-order valence-electron chi connectivity index (χ3n) is 2.73. The lowest BCUT2D eigenvalue weighted by molar-refractivity contribution is -0.140. The van der Waals surface area contributed by atoms with Crippen LogP contribution in [0.4, 0.5) is 5.69 Å². The second-order valence-electron chi connectivity index (χ2n) is 5.35. The van der Waals surface area contributed by atoms with Crippen molar-refractivity contribution in [1.82, 2.24) is 0 Å². The van der Waals surface area contributed by atoms with Gasteiger partial charge in [-0.15, -0.1) is 0 Å². The number of esters is 1. The molecule has 0 radical (unpaired) electrons. The molecule has 0 fully saturated rings. The van der Waals surface area contributed by atoms with E-state index in [9.17, 15) is 14.7 Å². The summed E-state index contributed by atoms with van der Waals surface area (Å²) in [5.41, 5.74) is 0.651. The van der Waals surface area contributed by atoms with Gasteiger partial charge in [0, 0.05) is 5.69 Å². The quantitative estimate of drug-likeness (QED) is 0.817. The Morgan fingerprint density at radius 2 is 1.74 bits per heavy atom. The number of carbonyl (C=O) groups is 2. The molecule has 5 nitrogen and oxygen atoms in total. The lowest BCUT2D eigenvalue weighted by atomic mass is 9.86. The molecular formula is C14H19NO4. The van der Waals surface area contributed by atoms with Crippen LogP contribution >= 0.6 is 0 Å². The summed E-state index contributed by atoms with van der Waals surface area (Å²) >= 11 is 0. The van der Waals surface area contributed by atoms with Gasteiger partial charge in [-0.1, -0.05) is 20.8 Å². The molecule has 104 valence electrons. The molecule has 0 aromatic heterocycles. The summed E-state index contributed by atoms with van der Waals surface area (Å²) in [5, 5.41) is 12.2. The number of carboxylic acid groups (broad SMARTS) is 1. The smallest absolute Gasteiger partial charge is 0.337 e. The lowest BCUT2D eigenvalue weighted by Crippen LogP contribution is -2.41. The van der Waals surface area contributed by atoms with Crippen LogP contribution in [-0.2, 0) is 9.53 Å². The molecule has 0 saturated heterocycles. The Hall–Kier alpha value is -2.04. The number of benzene rings is 1. The predicted octanol–water partition coefficient (Wildman–Crippen LogP) is 2.38. The second kappa shape index (κ2) is 5.73. The van der Waals surface area contributed by atoms with Gasteiger partial charge >= 0.3 is 11.9 Å². The van der Waals surface area contributed by atoms with Crippen LogP contribution in [0.5, 0.6) is 0 Å². The van der Waals surface area contributed by atoms with Crippen molar-refractivity contribution in [3.05, 3.63) is 29.8 Å². The average Bonchev–Trinajstić information content (AvgIpc) is 2.34. The van der Waals surface area contributed by atoms with Crippen LogP contribution in [-0.4, -0.2) is 30.2 Å². The van der Waals surface area contributed by atoms with Crippen LogP contribution in [0.1, 0.15) is 31.1 Å². The molecule has 0 spiro atoms. The number of rotatable bonds is 4. The fraction of sp³-hybridized carbons (Fsp3) is 0.429. The highest BCUT2D eigenvalue weighted by atomic mass is 16.5. The normalized spacial score (nSPS) is 12.6. The molecule has 19 heavy (non-hydrogen) atoms. The van der Waals surface area contributed by atoms with Crippen molar-refractivity contribution in [2.75, 3.05) is 12.4 Å². The van der Waals surface area contributed by atoms with Gasteiger partial charge in [-0.2, -0.15) is 0 Å². The Morgan fingerprint density at radius 3 is 2.11 bits per heavy atom. The number of carboxylic acids is 1. The van der Waals surface area contributed by atoms with Gasteiger partial charge in [-0.25, -0.2) is 9.59 Å². The number of ether oxygens (including phenoxy) is 1. The van der Waals surface area contributed by atoms with Gasteiger partial charge in [0.2, 0.25) is 0 Å². The summed E-state index contributed by atoms with van der Waals surface area (Å²) in [5.74, 6) is -1.33. The number of methoxy groups -OCH3 is 1. The minimum atomic E-state index is -0.912. The monoisotopic (exact) mass is 265 g/mol.